The molecule has 164 valence electrons. The van der Waals surface area contributed by atoms with Gasteiger partial charge < -0.3 is 13.9 Å². The van der Waals surface area contributed by atoms with Crippen molar-refractivity contribution in [3.63, 3.8) is 0 Å². The summed E-state index contributed by atoms with van der Waals surface area (Å²) in [5, 5.41) is 4.58. The first-order valence-electron chi connectivity index (χ1n) is 10.6. The summed E-state index contributed by atoms with van der Waals surface area (Å²) in [6.07, 6.45) is 4.76. The van der Waals surface area contributed by atoms with Gasteiger partial charge in [0.25, 0.3) is 0 Å². The van der Waals surface area contributed by atoms with Gasteiger partial charge in [0.1, 0.15) is 11.2 Å². The number of rotatable bonds is 6. The lowest BCUT2D eigenvalue weighted by atomic mass is 9.97. The van der Waals surface area contributed by atoms with Gasteiger partial charge in [0.2, 0.25) is 0 Å². The third-order valence-electron chi connectivity index (χ3n) is 5.88. The zero-order chi connectivity index (χ0) is 21.4. The monoisotopic (exact) mass is 447 g/mol. The second kappa shape index (κ2) is 9.09. The highest BCUT2D eigenvalue weighted by Crippen LogP contribution is 2.36. The Labute approximate surface area is 193 Å². The average molecular weight is 448 g/mol. The minimum Gasteiger partial charge on any atom is -0.493 e. The highest BCUT2D eigenvalue weighted by atomic mass is 35.5. The summed E-state index contributed by atoms with van der Waals surface area (Å²) in [5.74, 6) is 1.47. The average Bonchev–Trinajstić information content (AvgIpc) is 3.18. The van der Waals surface area contributed by atoms with E-state index in [2.05, 4.69) is 43.3 Å². The Morgan fingerprint density at radius 2 is 1.53 bits per heavy atom. The first-order valence-corrected chi connectivity index (χ1v) is 10.6. The summed E-state index contributed by atoms with van der Waals surface area (Å²) >= 11 is 0. The van der Waals surface area contributed by atoms with Crippen LogP contribution >= 0.6 is 12.4 Å². The lowest BCUT2D eigenvalue weighted by molar-refractivity contribution is 0.356. The predicted octanol–water partition coefficient (Wildman–Crippen LogP) is 7.12. The quantitative estimate of drug-likeness (QED) is 0.278. The second-order valence-corrected chi connectivity index (χ2v) is 7.84. The number of hydrogen-bond donors (Lipinski definition) is 0. The molecule has 0 unspecified atom stereocenters. The van der Waals surface area contributed by atoms with E-state index in [1.165, 1.54) is 11.1 Å². The van der Waals surface area contributed by atoms with Crippen LogP contribution in [0.5, 0.6) is 11.5 Å². The van der Waals surface area contributed by atoms with Crippen molar-refractivity contribution in [1.82, 2.24) is 4.98 Å². The van der Waals surface area contributed by atoms with Gasteiger partial charge in [-0.2, -0.15) is 0 Å². The number of hydrogen-bond acceptors (Lipinski definition) is 4. The number of aromatic nitrogens is 1. The molecule has 0 aliphatic heterocycles. The van der Waals surface area contributed by atoms with Gasteiger partial charge in [-0.1, -0.05) is 37.6 Å². The van der Waals surface area contributed by atoms with E-state index in [0.717, 1.165) is 69.2 Å². The first kappa shape index (κ1) is 22.0. The number of halogens is 1. The molecule has 32 heavy (non-hydrogen) atoms. The Morgan fingerprint density at radius 1 is 0.812 bits per heavy atom. The molecule has 2 aromatic heterocycles. The maximum atomic E-state index is 5.98. The third kappa shape index (κ3) is 3.76. The Kier molecular flexibility index (Phi) is 6.24. The standard InChI is InChI=1S/C27H25NO3.ClH/c1-4-7-23-21-15-27(30-3)26(29-2)14-20(21)18(16-28-23)12-17-10-11-25-22(13-17)19-8-5-6-9-24(19)31-25;/h5-6,8-11,13-16H,4,7,12H2,1-3H3;1H. The fourth-order valence-electron chi connectivity index (χ4n) is 4.36. The van der Waals surface area contributed by atoms with Crippen molar-refractivity contribution in [3.8, 4) is 11.5 Å². The topological polar surface area (TPSA) is 44.5 Å². The fourth-order valence-corrected chi connectivity index (χ4v) is 4.36. The molecule has 0 radical (unpaired) electrons. The van der Waals surface area contributed by atoms with Gasteiger partial charge >= 0.3 is 0 Å². The fraction of sp³-hybridized carbons (Fsp3) is 0.222. The van der Waals surface area contributed by atoms with Crippen molar-refractivity contribution in [2.45, 2.75) is 26.2 Å². The Morgan fingerprint density at radius 3 is 2.28 bits per heavy atom. The second-order valence-electron chi connectivity index (χ2n) is 7.84. The number of aryl methyl sites for hydroxylation is 1. The summed E-state index contributed by atoms with van der Waals surface area (Å²) in [5.41, 5.74) is 5.32. The predicted molar refractivity (Wildman–Crippen MR) is 133 cm³/mol. The number of ether oxygens (including phenoxy) is 2. The Bertz CT molecular complexity index is 1410. The molecular weight excluding hydrogens is 422 g/mol. The van der Waals surface area contributed by atoms with Crippen molar-refractivity contribution >= 4 is 45.1 Å². The van der Waals surface area contributed by atoms with E-state index in [1.807, 2.05) is 24.4 Å². The van der Waals surface area contributed by atoms with Gasteiger partial charge in [0.15, 0.2) is 11.5 Å². The van der Waals surface area contributed by atoms with E-state index in [1.54, 1.807) is 14.2 Å². The number of pyridine rings is 1. The van der Waals surface area contributed by atoms with Crippen LogP contribution in [0.4, 0.5) is 0 Å². The number of methoxy groups -OCH3 is 2. The normalized spacial score (nSPS) is 11.1. The Hall–Kier alpha value is -3.24. The van der Waals surface area contributed by atoms with Crippen LogP contribution in [0.2, 0.25) is 0 Å². The first-order chi connectivity index (χ1) is 15.2. The summed E-state index contributed by atoms with van der Waals surface area (Å²) < 4.78 is 17.1. The van der Waals surface area contributed by atoms with Gasteiger partial charge in [-0.05, 0) is 59.7 Å². The SMILES string of the molecule is CCCc1ncc(Cc2ccc3oc4ccccc4c3c2)c2cc(OC)c(OC)cc12.Cl. The van der Waals surface area contributed by atoms with Gasteiger partial charge in [0, 0.05) is 28.0 Å². The van der Waals surface area contributed by atoms with E-state index < -0.39 is 0 Å². The summed E-state index contributed by atoms with van der Waals surface area (Å²) in [7, 11) is 3.35. The van der Waals surface area contributed by atoms with Crippen LogP contribution in [0.15, 0.2) is 65.2 Å². The molecule has 2 heterocycles. The van der Waals surface area contributed by atoms with Crippen molar-refractivity contribution in [3.05, 3.63) is 77.6 Å². The smallest absolute Gasteiger partial charge is 0.161 e. The molecule has 0 bridgehead atoms. The Balaban J connectivity index is 0.00000245. The largest absolute Gasteiger partial charge is 0.493 e. The van der Waals surface area contributed by atoms with Gasteiger partial charge in [-0.25, -0.2) is 0 Å². The number of nitrogens with zero attached hydrogens (tertiary/aromatic N) is 1. The molecule has 5 aromatic rings. The van der Waals surface area contributed by atoms with Crippen LogP contribution < -0.4 is 9.47 Å². The molecule has 0 amide bonds. The van der Waals surface area contributed by atoms with Crippen molar-refractivity contribution in [1.29, 1.82) is 0 Å². The van der Waals surface area contributed by atoms with Gasteiger partial charge in [-0.3, -0.25) is 4.98 Å². The highest BCUT2D eigenvalue weighted by Gasteiger charge is 2.14. The van der Waals surface area contributed by atoms with Crippen LogP contribution in [0.25, 0.3) is 32.7 Å². The van der Waals surface area contributed by atoms with E-state index in [4.69, 9.17) is 18.9 Å². The molecule has 0 saturated carbocycles. The van der Waals surface area contributed by atoms with Crippen LogP contribution in [-0.4, -0.2) is 19.2 Å². The molecule has 0 N–H and O–H groups in total. The van der Waals surface area contributed by atoms with Crippen LogP contribution in [0, 0.1) is 0 Å². The summed E-state index contributed by atoms with van der Waals surface area (Å²) in [4.78, 5) is 4.81. The lowest BCUT2D eigenvalue weighted by Gasteiger charge is -2.14. The number of fused-ring (bicyclic) bond motifs is 4. The van der Waals surface area contributed by atoms with Crippen molar-refractivity contribution in [2.75, 3.05) is 14.2 Å². The highest BCUT2D eigenvalue weighted by molar-refractivity contribution is 6.05. The third-order valence-corrected chi connectivity index (χ3v) is 5.88. The summed E-state index contributed by atoms with van der Waals surface area (Å²) in [6, 6.07) is 18.7. The minimum absolute atomic E-state index is 0. The molecule has 0 saturated heterocycles. The van der Waals surface area contributed by atoms with Gasteiger partial charge in [-0.15, -0.1) is 12.4 Å². The van der Waals surface area contributed by atoms with Crippen molar-refractivity contribution in [2.24, 2.45) is 0 Å². The van der Waals surface area contributed by atoms with E-state index >= 15 is 0 Å². The van der Waals surface area contributed by atoms with Crippen molar-refractivity contribution < 1.29 is 13.9 Å². The molecule has 0 atom stereocenters. The maximum Gasteiger partial charge on any atom is 0.161 e. The van der Waals surface area contributed by atoms with E-state index in [9.17, 15) is 0 Å². The molecule has 5 heteroatoms. The van der Waals surface area contributed by atoms with Gasteiger partial charge in [0.05, 0.1) is 14.2 Å². The number of para-hydroxylation sites is 1. The lowest BCUT2D eigenvalue weighted by Crippen LogP contribution is -1.99. The molecule has 3 aromatic carbocycles. The molecule has 4 nitrogen and oxygen atoms in total. The maximum absolute atomic E-state index is 5.98. The number of furan rings is 1. The van der Waals surface area contributed by atoms with Crippen LogP contribution in [-0.2, 0) is 12.8 Å². The molecule has 0 fully saturated rings. The molecule has 0 aliphatic carbocycles. The van der Waals surface area contributed by atoms with Crippen LogP contribution in [0.3, 0.4) is 0 Å². The zero-order valence-electron chi connectivity index (χ0n) is 18.5. The van der Waals surface area contributed by atoms with Crippen LogP contribution in [0.1, 0.15) is 30.2 Å². The zero-order valence-corrected chi connectivity index (χ0v) is 19.3. The molecule has 5 rings (SSSR count). The minimum atomic E-state index is 0. The molecule has 0 aliphatic rings. The molecule has 0 spiro atoms. The number of benzene rings is 3. The van der Waals surface area contributed by atoms with E-state index in [0.29, 0.717) is 0 Å². The summed E-state index contributed by atoms with van der Waals surface area (Å²) in [6.45, 7) is 2.17. The molecular formula is C27H26ClNO3. The van der Waals surface area contributed by atoms with E-state index in [-0.39, 0.29) is 12.4 Å².